The molecule has 0 saturated heterocycles. The zero-order valence-corrected chi connectivity index (χ0v) is 19.0. The highest BCUT2D eigenvalue weighted by Gasteiger charge is 2.33. The van der Waals surface area contributed by atoms with Crippen molar-refractivity contribution in [3.05, 3.63) is 23.8 Å². The predicted molar refractivity (Wildman–Crippen MR) is 122 cm³/mol. The molecule has 6 heteroatoms. The van der Waals surface area contributed by atoms with Crippen molar-refractivity contribution in [1.82, 2.24) is 5.32 Å². The van der Waals surface area contributed by atoms with Gasteiger partial charge in [0.25, 0.3) is 5.91 Å². The van der Waals surface area contributed by atoms with Crippen LogP contribution in [0.3, 0.4) is 0 Å². The lowest BCUT2D eigenvalue weighted by Gasteiger charge is -2.33. The van der Waals surface area contributed by atoms with E-state index in [0.29, 0.717) is 17.0 Å². The van der Waals surface area contributed by atoms with Crippen molar-refractivity contribution in [3.8, 4) is 5.75 Å². The molecule has 1 atom stereocenters. The molecule has 1 saturated carbocycles. The molecule has 0 radical (unpaired) electrons. The number of nitrogens with one attached hydrogen (secondary N) is 1. The number of nitrogens with zero attached hydrogens (tertiary/aromatic N) is 1. The molecule has 1 aliphatic carbocycles. The number of carbonyl (C=O) groups excluding carboxylic acids is 3. The maximum Gasteiger partial charge on any atom is 0.268 e. The van der Waals surface area contributed by atoms with Crippen LogP contribution in [0.15, 0.2) is 18.2 Å². The van der Waals surface area contributed by atoms with Gasteiger partial charge < -0.3 is 10.1 Å². The average molecular weight is 429 g/mol. The van der Waals surface area contributed by atoms with Gasteiger partial charge in [0, 0.05) is 11.6 Å². The number of fused-ring (bicyclic) bond motifs is 1. The molecule has 2 aliphatic rings. The van der Waals surface area contributed by atoms with E-state index < -0.39 is 6.10 Å². The number of carbonyl (C=O) groups is 3. The smallest absolute Gasteiger partial charge is 0.268 e. The highest BCUT2D eigenvalue weighted by atomic mass is 16.5. The van der Waals surface area contributed by atoms with E-state index in [-0.39, 0.29) is 30.2 Å². The Balaban J connectivity index is 1.67. The van der Waals surface area contributed by atoms with Gasteiger partial charge in [-0.1, -0.05) is 57.8 Å². The van der Waals surface area contributed by atoms with Crippen LogP contribution in [0.4, 0.5) is 5.69 Å². The Kier molecular flexibility index (Phi) is 8.50. The number of amides is 2. The van der Waals surface area contributed by atoms with Gasteiger partial charge >= 0.3 is 0 Å². The number of anilines is 1. The standard InChI is InChI=1S/C25H36N2O4/c1-18(28)20-14-15-23-22(16-20)27(25(30)19(2)31-23)17-24(29)26-21-12-10-8-6-4-3-5-7-9-11-13-21/h14-16,19,21H,3-13,17H2,1-2H3,(H,26,29). The van der Waals surface area contributed by atoms with Crippen molar-refractivity contribution < 1.29 is 19.1 Å². The van der Waals surface area contributed by atoms with Crippen molar-refractivity contribution >= 4 is 23.3 Å². The normalized spacial score (nSPS) is 21.3. The monoisotopic (exact) mass is 428 g/mol. The Labute approximate surface area is 185 Å². The van der Waals surface area contributed by atoms with E-state index in [1.54, 1.807) is 25.1 Å². The second-order valence-corrected chi connectivity index (χ2v) is 8.95. The van der Waals surface area contributed by atoms with E-state index in [0.717, 1.165) is 25.7 Å². The third-order valence-electron chi connectivity index (χ3n) is 6.35. The molecule has 3 rings (SSSR count). The molecule has 0 spiro atoms. The summed E-state index contributed by atoms with van der Waals surface area (Å²) in [6, 6.07) is 5.19. The molecule has 1 aliphatic heterocycles. The van der Waals surface area contributed by atoms with Gasteiger partial charge in [0.2, 0.25) is 5.91 Å². The minimum Gasteiger partial charge on any atom is -0.479 e. The molecule has 1 unspecified atom stereocenters. The summed E-state index contributed by atoms with van der Waals surface area (Å²) in [5.74, 6) is 0.0168. The van der Waals surface area contributed by atoms with Gasteiger partial charge in [-0.15, -0.1) is 0 Å². The molecule has 0 bridgehead atoms. The van der Waals surface area contributed by atoms with Crippen molar-refractivity contribution in [2.24, 2.45) is 0 Å². The molecule has 1 aromatic rings. The highest BCUT2D eigenvalue weighted by Crippen LogP contribution is 2.35. The molecule has 1 fully saturated rings. The summed E-state index contributed by atoms with van der Waals surface area (Å²) >= 11 is 0. The zero-order valence-electron chi connectivity index (χ0n) is 19.0. The fraction of sp³-hybridized carbons (Fsp3) is 0.640. The van der Waals surface area contributed by atoms with Gasteiger partial charge in [0.05, 0.1) is 5.69 Å². The summed E-state index contributed by atoms with van der Waals surface area (Å²) < 4.78 is 5.68. The summed E-state index contributed by atoms with van der Waals surface area (Å²) in [6.45, 7) is 3.11. The van der Waals surface area contributed by atoms with Crippen LogP contribution >= 0.6 is 0 Å². The van der Waals surface area contributed by atoms with Gasteiger partial charge in [0.1, 0.15) is 12.3 Å². The lowest BCUT2D eigenvalue weighted by Crippen LogP contribution is -2.50. The van der Waals surface area contributed by atoms with Crippen molar-refractivity contribution in [3.63, 3.8) is 0 Å². The first kappa shape index (κ1) is 23.3. The molecule has 6 nitrogen and oxygen atoms in total. The van der Waals surface area contributed by atoms with Crippen LogP contribution in [-0.2, 0) is 9.59 Å². The number of benzene rings is 1. The zero-order chi connectivity index (χ0) is 22.2. The molecular weight excluding hydrogens is 392 g/mol. The molecule has 2 amide bonds. The van der Waals surface area contributed by atoms with Crippen molar-refractivity contribution in [2.75, 3.05) is 11.4 Å². The quantitative estimate of drug-likeness (QED) is 0.700. The third kappa shape index (κ3) is 6.55. The van der Waals surface area contributed by atoms with Crippen LogP contribution in [0.2, 0.25) is 0 Å². The number of ether oxygens (including phenoxy) is 1. The fourth-order valence-corrected chi connectivity index (χ4v) is 4.51. The minimum absolute atomic E-state index is 0.0581. The first-order valence-corrected chi connectivity index (χ1v) is 11.9. The van der Waals surface area contributed by atoms with Gasteiger partial charge in [-0.05, 0) is 44.9 Å². The molecule has 1 heterocycles. The first-order valence-electron chi connectivity index (χ1n) is 11.9. The molecule has 1 N–H and O–H groups in total. The largest absolute Gasteiger partial charge is 0.479 e. The van der Waals surface area contributed by atoms with Gasteiger partial charge in [-0.25, -0.2) is 0 Å². The molecule has 31 heavy (non-hydrogen) atoms. The minimum atomic E-state index is -0.662. The van der Waals surface area contributed by atoms with Crippen LogP contribution in [-0.4, -0.2) is 36.3 Å². The lowest BCUT2D eigenvalue weighted by molar-refractivity contribution is -0.128. The predicted octanol–water partition coefficient (Wildman–Crippen LogP) is 4.79. The molecular formula is C25H36N2O4. The van der Waals surface area contributed by atoms with Crippen LogP contribution in [0.1, 0.15) is 94.8 Å². The maximum absolute atomic E-state index is 12.9. The fourth-order valence-electron chi connectivity index (χ4n) is 4.51. The second-order valence-electron chi connectivity index (χ2n) is 8.95. The topological polar surface area (TPSA) is 75.7 Å². The maximum atomic E-state index is 12.9. The Morgan fingerprint density at radius 2 is 1.58 bits per heavy atom. The second kappa shape index (κ2) is 11.3. The van der Waals surface area contributed by atoms with Crippen LogP contribution in [0.25, 0.3) is 0 Å². The van der Waals surface area contributed by atoms with Crippen LogP contribution in [0, 0.1) is 0 Å². The van der Waals surface area contributed by atoms with Gasteiger partial charge in [-0.3, -0.25) is 19.3 Å². The van der Waals surface area contributed by atoms with Crippen molar-refractivity contribution in [2.45, 2.75) is 96.6 Å². The van der Waals surface area contributed by atoms with Crippen LogP contribution in [0.5, 0.6) is 5.75 Å². The first-order chi connectivity index (χ1) is 15.0. The number of rotatable bonds is 4. The van der Waals surface area contributed by atoms with Crippen molar-refractivity contribution in [1.29, 1.82) is 0 Å². The van der Waals surface area contributed by atoms with Gasteiger partial charge in [-0.2, -0.15) is 0 Å². The Morgan fingerprint density at radius 3 is 2.16 bits per heavy atom. The molecule has 170 valence electrons. The van der Waals surface area contributed by atoms with E-state index >= 15 is 0 Å². The number of ketones is 1. The molecule has 1 aromatic carbocycles. The number of hydrogen-bond donors (Lipinski definition) is 1. The van der Waals surface area contributed by atoms with E-state index in [1.165, 1.54) is 56.8 Å². The number of hydrogen-bond acceptors (Lipinski definition) is 4. The van der Waals surface area contributed by atoms with E-state index in [2.05, 4.69) is 5.32 Å². The van der Waals surface area contributed by atoms with Gasteiger partial charge in [0.15, 0.2) is 11.9 Å². The lowest BCUT2D eigenvalue weighted by atomic mass is 9.98. The Hall–Kier alpha value is -2.37. The summed E-state index contributed by atoms with van der Waals surface area (Å²) in [6.07, 6.45) is 12.5. The summed E-state index contributed by atoms with van der Waals surface area (Å²) in [4.78, 5) is 39.0. The summed E-state index contributed by atoms with van der Waals surface area (Å²) in [5, 5.41) is 3.18. The SMILES string of the molecule is CC(=O)c1ccc2c(c1)N(CC(=O)NC1CCCCCCCCCCC1)C(=O)C(C)O2. The van der Waals surface area contributed by atoms with E-state index in [4.69, 9.17) is 4.74 Å². The van der Waals surface area contributed by atoms with E-state index in [9.17, 15) is 14.4 Å². The number of Topliss-reactive ketones (excluding diaryl/α,β-unsaturated/α-hetero) is 1. The summed E-state index contributed by atoms with van der Waals surface area (Å²) in [7, 11) is 0. The average Bonchev–Trinajstić information content (AvgIpc) is 2.73. The highest BCUT2D eigenvalue weighted by molar-refractivity contribution is 6.05. The molecule has 0 aromatic heterocycles. The Bertz CT molecular complexity index is 780. The van der Waals surface area contributed by atoms with E-state index in [1.807, 2.05) is 0 Å². The summed E-state index contributed by atoms with van der Waals surface area (Å²) in [5.41, 5.74) is 0.985. The van der Waals surface area contributed by atoms with Crippen LogP contribution < -0.4 is 15.0 Å². The Morgan fingerprint density at radius 1 is 1.00 bits per heavy atom. The third-order valence-corrected chi connectivity index (χ3v) is 6.35.